The molecule has 0 N–H and O–H groups in total. The standard InChI is InChI=1S/C17H28N2O4/c1-18-13-17(5-4-15(18)20)6-8-19(9-7-17)16(21)12-22-11-14-3-2-10-23-14/h14H,2-13H2,1H3/t14-/m0/s1. The molecule has 6 heteroatoms. The summed E-state index contributed by atoms with van der Waals surface area (Å²) in [5, 5.41) is 0. The fraction of sp³-hybridized carbons (Fsp3) is 0.882. The van der Waals surface area contributed by atoms with Crippen molar-refractivity contribution in [3.63, 3.8) is 0 Å². The largest absolute Gasteiger partial charge is 0.376 e. The molecular weight excluding hydrogens is 296 g/mol. The molecule has 0 radical (unpaired) electrons. The Kier molecular flexibility index (Phi) is 5.21. The van der Waals surface area contributed by atoms with Gasteiger partial charge in [-0.05, 0) is 37.5 Å². The zero-order valence-corrected chi connectivity index (χ0v) is 14.1. The average molecular weight is 324 g/mol. The van der Waals surface area contributed by atoms with Crippen LogP contribution in [0.5, 0.6) is 0 Å². The van der Waals surface area contributed by atoms with Crippen LogP contribution in [0.3, 0.4) is 0 Å². The van der Waals surface area contributed by atoms with E-state index in [0.717, 1.165) is 58.3 Å². The van der Waals surface area contributed by atoms with E-state index in [0.29, 0.717) is 13.0 Å². The third kappa shape index (κ3) is 4.04. The van der Waals surface area contributed by atoms with Crippen molar-refractivity contribution >= 4 is 11.8 Å². The minimum atomic E-state index is 0.0816. The predicted molar refractivity (Wildman–Crippen MR) is 84.9 cm³/mol. The Bertz CT molecular complexity index is 440. The van der Waals surface area contributed by atoms with E-state index < -0.39 is 0 Å². The van der Waals surface area contributed by atoms with E-state index in [9.17, 15) is 9.59 Å². The van der Waals surface area contributed by atoms with Crippen molar-refractivity contribution in [2.45, 2.75) is 44.6 Å². The lowest BCUT2D eigenvalue weighted by atomic mass is 9.72. The predicted octanol–water partition coefficient (Wildman–Crippen LogP) is 1.04. The molecule has 1 atom stereocenters. The molecule has 0 unspecified atom stereocenters. The van der Waals surface area contributed by atoms with Crippen molar-refractivity contribution < 1.29 is 19.1 Å². The summed E-state index contributed by atoms with van der Waals surface area (Å²) < 4.78 is 11.0. The zero-order valence-electron chi connectivity index (χ0n) is 14.1. The van der Waals surface area contributed by atoms with Crippen molar-refractivity contribution in [3.8, 4) is 0 Å². The summed E-state index contributed by atoms with van der Waals surface area (Å²) in [6.07, 6.45) is 5.88. The Balaban J connectivity index is 1.39. The van der Waals surface area contributed by atoms with Crippen LogP contribution in [0, 0.1) is 5.41 Å². The molecule has 0 bridgehead atoms. The van der Waals surface area contributed by atoms with Crippen LogP contribution >= 0.6 is 0 Å². The highest BCUT2D eigenvalue weighted by Crippen LogP contribution is 2.39. The topological polar surface area (TPSA) is 59.1 Å². The number of rotatable bonds is 4. The summed E-state index contributed by atoms with van der Waals surface area (Å²) in [4.78, 5) is 27.7. The molecule has 3 aliphatic rings. The molecule has 0 aromatic rings. The van der Waals surface area contributed by atoms with E-state index in [-0.39, 0.29) is 29.9 Å². The van der Waals surface area contributed by atoms with Gasteiger partial charge in [0.2, 0.25) is 11.8 Å². The summed E-state index contributed by atoms with van der Waals surface area (Å²) in [5.41, 5.74) is 0.220. The van der Waals surface area contributed by atoms with Gasteiger partial charge >= 0.3 is 0 Å². The lowest BCUT2D eigenvalue weighted by molar-refractivity contribution is -0.144. The molecule has 1 spiro atoms. The van der Waals surface area contributed by atoms with Crippen LogP contribution in [0.15, 0.2) is 0 Å². The highest BCUT2D eigenvalue weighted by atomic mass is 16.5. The number of ether oxygens (including phenoxy) is 2. The first kappa shape index (κ1) is 16.7. The molecule has 3 aliphatic heterocycles. The van der Waals surface area contributed by atoms with Crippen molar-refractivity contribution in [3.05, 3.63) is 0 Å². The van der Waals surface area contributed by atoms with E-state index in [1.807, 2.05) is 16.8 Å². The van der Waals surface area contributed by atoms with Gasteiger partial charge in [0.15, 0.2) is 0 Å². The SMILES string of the molecule is CN1CC2(CCC1=O)CCN(C(=O)COC[C@@H]1CCCO1)CC2. The Labute approximate surface area is 138 Å². The van der Waals surface area contributed by atoms with Gasteiger partial charge in [-0.1, -0.05) is 0 Å². The highest BCUT2D eigenvalue weighted by Gasteiger charge is 2.40. The lowest BCUT2D eigenvalue weighted by Gasteiger charge is -2.46. The minimum Gasteiger partial charge on any atom is -0.376 e. The number of carbonyl (C=O) groups excluding carboxylic acids is 2. The van der Waals surface area contributed by atoms with Crippen molar-refractivity contribution in [2.75, 3.05) is 46.5 Å². The summed E-state index contributed by atoms with van der Waals surface area (Å²) in [5.74, 6) is 0.328. The molecule has 130 valence electrons. The fourth-order valence-electron chi connectivity index (χ4n) is 4.02. The van der Waals surface area contributed by atoms with Crippen LogP contribution in [0.4, 0.5) is 0 Å². The normalized spacial score (nSPS) is 27.7. The smallest absolute Gasteiger partial charge is 0.248 e. The molecule has 0 aliphatic carbocycles. The maximum atomic E-state index is 12.3. The van der Waals surface area contributed by atoms with Gasteiger partial charge in [-0.25, -0.2) is 0 Å². The van der Waals surface area contributed by atoms with Crippen LogP contribution in [0.2, 0.25) is 0 Å². The average Bonchev–Trinajstić information content (AvgIpc) is 3.05. The number of hydrogen-bond donors (Lipinski definition) is 0. The number of likely N-dealkylation sites (tertiary alicyclic amines) is 2. The number of amides is 2. The second-order valence-electron chi connectivity index (χ2n) is 7.28. The molecule has 23 heavy (non-hydrogen) atoms. The molecular formula is C17H28N2O4. The Morgan fingerprint density at radius 2 is 2.13 bits per heavy atom. The van der Waals surface area contributed by atoms with Crippen LogP contribution in [0.1, 0.15) is 38.5 Å². The zero-order chi connectivity index (χ0) is 16.3. The Morgan fingerprint density at radius 3 is 2.78 bits per heavy atom. The minimum absolute atomic E-state index is 0.0816. The van der Waals surface area contributed by atoms with Crippen LogP contribution in [-0.4, -0.2) is 74.2 Å². The summed E-state index contributed by atoms with van der Waals surface area (Å²) in [6.45, 7) is 3.90. The van der Waals surface area contributed by atoms with Gasteiger partial charge in [-0.2, -0.15) is 0 Å². The third-order valence-corrected chi connectivity index (χ3v) is 5.60. The molecule has 2 amide bonds. The summed E-state index contributed by atoms with van der Waals surface area (Å²) >= 11 is 0. The van der Waals surface area contributed by atoms with E-state index in [4.69, 9.17) is 9.47 Å². The second kappa shape index (κ2) is 7.18. The highest BCUT2D eigenvalue weighted by molar-refractivity contribution is 5.78. The summed E-state index contributed by atoms with van der Waals surface area (Å²) in [7, 11) is 1.89. The first-order valence-corrected chi connectivity index (χ1v) is 8.79. The van der Waals surface area contributed by atoms with Gasteiger partial charge in [0.1, 0.15) is 6.61 Å². The van der Waals surface area contributed by atoms with Crippen molar-refractivity contribution in [2.24, 2.45) is 5.41 Å². The van der Waals surface area contributed by atoms with E-state index in [1.54, 1.807) is 0 Å². The molecule has 3 fully saturated rings. The molecule has 3 saturated heterocycles. The van der Waals surface area contributed by atoms with Gasteiger partial charge in [0.05, 0.1) is 12.7 Å². The second-order valence-corrected chi connectivity index (χ2v) is 7.28. The number of nitrogens with zero attached hydrogens (tertiary/aromatic N) is 2. The molecule has 3 heterocycles. The third-order valence-electron chi connectivity index (χ3n) is 5.60. The first-order chi connectivity index (χ1) is 11.1. The van der Waals surface area contributed by atoms with Crippen molar-refractivity contribution in [1.82, 2.24) is 9.80 Å². The van der Waals surface area contributed by atoms with E-state index in [2.05, 4.69) is 0 Å². The van der Waals surface area contributed by atoms with Gasteiger partial charge in [0, 0.05) is 39.7 Å². The maximum absolute atomic E-state index is 12.3. The van der Waals surface area contributed by atoms with Gasteiger partial charge < -0.3 is 19.3 Å². The molecule has 0 saturated carbocycles. The first-order valence-electron chi connectivity index (χ1n) is 8.79. The molecule has 3 rings (SSSR count). The van der Waals surface area contributed by atoms with E-state index >= 15 is 0 Å². The Hall–Kier alpha value is -1.14. The maximum Gasteiger partial charge on any atom is 0.248 e. The van der Waals surface area contributed by atoms with Gasteiger partial charge in [0.25, 0.3) is 0 Å². The van der Waals surface area contributed by atoms with Crippen LogP contribution in [0.25, 0.3) is 0 Å². The number of hydrogen-bond acceptors (Lipinski definition) is 4. The molecule has 0 aromatic carbocycles. The van der Waals surface area contributed by atoms with Crippen molar-refractivity contribution in [1.29, 1.82) is 0 Å². The van der Waals surface area contributed by atoms with Crippen LogP contribution in [-0.2, 0) is 19.1 Å². The molecule has 0 aromatic heterocycles. The fourth-order valence-corrected chi connectivity index (χ4v) is 4.02. The molecule has 6 nitrogen and oxygen atoms in total. The van der Waals surface area contributed by atoms with E-state index in [1.165, 1.54) is 0 Å². The van der Waals surface area contributed by atoms with Crippen LogP contribution < -0.4 is 0 Å². The monoisotopic (exact) mass is 324 g/mol. The summed E-state index contributed by atoms with van der Waals surface area (Å²) in [6, 6.07) is 0. The number of piperidine rings is 2. The number of carbonyl (C=O) groups is 2. The van der Waals surface area contributed by atoms with Gasteiger partial charge in [-0.15, -0.1) is 0 Å². The van der Waals surface area contributed by atoms with Gasteiger partial charge in [-0.3, -0.25) is 9.59 Å². The quantitative estimate of drug-likeness (QED) is 0.775. The lowest BCUT2D eigenvalue weighted by Crippen LogP contribution is -2.51. The Morgan fingerprint density at radius 1 is 1.35 bits per heavy atom.